The summed E-state index contributed by atoms with van der Waals surface area (Å²) in [7, 11) is -3.09. The molecule has 0 amide bonds. The zero-order valence-electron chi connectivity index (χ0n) is 16.2. The van der Waals surface area contributed by atoms with Crippen molar-refractivity contribution in [1.29, 1.82) is 5.26 Å². The maximum Gasteiger partial charge on any atom is 0.365 e. The normalized spacial score (nSPS) is 13.5. The van der Waals surface area contributed by atoms with E-state index in [1.54, 1.807) is 30.3 Å². The number of aromatic nitrogens is 2. The third kappa shape index (κ3) is 3.86. The smallest absolute Gasteiger partial charge is 0.365 e. The molecule has 1 aliphatic rings. The van der Waals surface area contributed by atoms with Crippen molar-refractivity contribution in [2.45, 2.75) is 26.4 Å². The van der Waals surface area contributed by atoms with Crippen LogP contribution in [0.15, 0.2) is 47.0 Å². The second-order valence-electron chi connectivity index (χ2n) is 6.88. The van der Waals surface area contributed by atoms with Crippen LogP contribution < -0.4 is 4.74 Å². The van der Waals surface area contributed by atoms with Gasteiger partial charge in [-0.25, -0.2) is 4.57 Å². The predicted octanol–water partition coefficient (Wildman–Crippen LogP) is 4.36. The van der Waals surface area contributed by atoms with Crippen LogP contribution in [-0.4, -0.2) is 21.1 Å². The highest BCUT2D eigenvalue weighted by Crippen LogP contribution is 2.39. The molecule has 0 saturated carbocycles. The fourth-order valence-electron chi connectivity index (χ4n) is 3.30. The third-order valence-corrected chi connectivity index (χ3v) is 4.90. The average molecular weight is 423 g/mol. The molecular formula is C21H18N3O5P. The van der Waals surface area contributed by atoms with Gasteiger partial charge in [-0.1, -0.05) is 23.4 Å². The van der Waals surface area contributed by atoms with Gasteiger partial charge in [-0.05, 0) is 50.1 Å². The van der Waals surface area contributed by atoms with Crippen LogP contribution in [0.5, 0.6) is 5.75 Å². The summed E-state index contributed by atoms with van der Waals surface area (Å²) in [5.41, 5.74) is 3.35. The van der Waals surface area contributed by atoms with Crippen molar-refractivity contribution >= 4 is 14.0 Å². The molecule has 1 aromatic heterocycles. The van der Waals surface area contributed by atoms with Crippen LogP contribution in [-0.2, 0) is 15.5 Å². The molecule has 1 aliphatic carbocycles. The van der Waals surface area contributed by atoms with Gasteiger partial charge in [0.05, 0.1) is 11.7 Å². The fourth-order valence-corrected chi connectivity index (χ4v) is 3.68. The Labute approximate surface area is 173 Å². The van der Waals surface area contributed by atoms with E-state index in [0.717, 1.165) is 16.7 Å². The van der Waals surface area contributed by atoms with Gasteiger partial charge < -0.3 is 18.7 Å². The highest BCUT2D eigenvalue weighted by molar-refractivity contribution is 7.32. The van der Waals surface area contributed by atoms with Gasteiger partial charge in [0.15, 0.2) is 0 Å². The SMILES string of the molecule is CC(C)Oc1ccc(-c2nc(-c3cccc4c3CC=C4O[PH](=O)O)no2)cc1C#N. The Morgan fingerprint density at radius 1 is 1.27 bits per heavy atom. The maximum atomic E-state index is 11.1. The van der Waals surface area contributed by atoms with Crippen LogP contribution in [0.3, 0.4) is 0 Å². The Morgan fingerprint density at radius 3 is 2.80 bits per heavy atom. The first-order chi connectivity index (χ1) is 14.5. The van der Waals surface area contributed by atoms with E-state index in [9.17, 15) is 9.83 Å². The lowest BCUT2D eigenvalue weighted by atomic mass is 10.0. The molecule has 0 radical (unpaired) electrons. The molecule has 8 nitrogen and oxygen atoms in total. The van der Waals surface area contributed by atoms with Crippen molar-refractivity contribution in [1.82, 2.24) is 10.1 Å². The molecule has 1 heterocycles. The number of benzene rings is 2. The molecule has 152 valence electrons. The van der Waals surface area contributed by atoms with E-state index in [0.29, 0.717) is 34.9 Å². The third-order valence-electron chi connectivity index (χ3n) is 4.51. The van der Waals surface area contributed by atoms with Gasteiger partial charge in [-0.15, -0.1) is 0 Å². The number of hydrogen-bond acceptors (Lipinski definition) is 7. The summed E-state index contributed by atoms with van der Waals surface area (Å²) < 4.78 is 27.2. The van der Waals surface area contributed by atoms with E-state index in [-0.39, 0.29) is 12.0 Å². The largest absolute Gasteiger partial charge is 0.490 e. The first kappa shape index (κ1) is 19.9. The molecule has 1 unspecified atom stereocenters. The van der Waals surface area contributed by atoms with Crippen LogP contribution in [0.4, 0.5) is 0 Å². The van der Waals surface area contributed by atoms with E-state index in [1.807, 2.05) is 26.0 Å². The minimum absolute atomic E-state index is 0.0507. The standard InChI is InChI=1S/C21H18N3O5P/c1-12(2)27-18-8-6-13(10-14(18)11-22)21-23-20(24-28-21)17-5-3-4-16-15(17)7-9-19(16)29-30(25)26/h3-6,8-10,12,30H,7H2,1-2H3,(H,25,26). The van der Waals surface area contributed by atoms with Gasteiger partial charge in [-0.2, -0.15) is 10.2 Å². The molecule has 0 spiro atoms. The first-order valence-electron chi connectivity index (χ1n) is 9.24. The lowest BCUT2D eigenvalue weighted by molar-refractivity contribution is 0.241. The van der Waals surface area contributed by atoms with Gasteiger partial charge in [0.25, 0.3) is 5.89 Å². The predicted molar refractivity (Wildman–Crippen MR) is 110 cm³/mol. The van der Waals surface area contributed by atoms with Crippen molar-refractivity contribution in [3.05, 3.63) is 59.2 Å². The Kier molecular flexibility index (Phi) is 5.40. The van der Waals surface area contributed by atoms with E-state index in [1.165, 1.54) is 0 Å². The molecule has 1 N–H and O–H groups in total. The molecule has 0 aliphatic heterocycles. The molecule has 9 heteroatoms. The van der Waals surface area contributed by atoms with Crippen LogP contribution in [0.1, 0.15) is 30.5 Å². The summed E-state index contributed by atoms with van der Waals surface area (Å²) in [6.45, 7) is 3.78. The summed E-state index contributed by atoms with van der Waals surface area (Å²) in [4.78, 5) is 13.6. The summed E-state index contributed by atoms with van der Waals surface area (Å²) in [6, 6.07) is 12.7. The van der Waals surface area contributed by atoms with Crippen molar-refractivity contribution in [3.8, 4) is 34.7 Å². The van der Waals surface area contributed by atoms with Crippen molar-refractivity contribution in [2.75, 3.05) is 0 Å². The van der Waals surface area contributed by atoms with E-state index < -0.39 is 8.25 Å². The topological polar surface area (TPSA) is 118 Å². The van der Waals surface area contributed by atoms with E-state index in [2.05, 4.69) is 16.2 Å². The Hall–Kier alpha value is -3.40. The van der Waals surface area contributed by atoms with Crippen LogP contribution >= 0.6 is 8.25 Å². The second-order valence-corrected chi connectivity index (χ2v) is 7.62. The lowest BCUT2D eigenvalue weighted by Crippen LogP contribution is -2.06. The minimum atomic E-state index is -3.09. The Balaban J connectivity index is 1.66. The van der Waals surface area contributed by atoms with E-state index in [4.69, 9.17) is 18.7 Å². The lowest BCUT2D eigenvalue weighted by Gasteiger charge is -2.11. The highest BCUT2D eigenvalue weighted by atomic mass is 31.1. The molecule has 2 aromatic carbocycles. The Bertz CT molecular complexity index is 1210. The number of allylic oxidation sites excluding steroid dienone is 1. The molecule has 0 fully saturated rings. The number of nitriles is 1. The molecule has 0 saturated heterocycles. The first-order valence-corrected chi connectivity index (χ1v) is 10.5. The summed E-state index contributed by atoms with van der Waals surface area (Å²) >= 11 is 0. The molecule has 0 bridgehead atoms. The molecule has 3 aromatic rings. The molecule has 4 rings (SSSR count). The molecular weight excluding hydrogens is 405 g/mol. The van der Waals surface area contributed by atoms with Gasteiger partial charge in [-0.3, -0.25) is 0 Å². The summed E-state index contributed by atoms with van der Waals surface area (Å²) in [5, 5.41) is 13.5. The average Bonchev–Trinajstić information content (AvgIpc) is 3.35. The molecule has 1 atom stereocenters. The monoisotopic (exact) mass is 423 g/mol. The number of nitrogens with zero attached hydrogens (tertiary/aromatic N) is 3. The van der Waals surface area contributed by atoms with Crippen molar-refractivity contribution < 1.29 is 23.2 Å². The second kappa shape index (κ2) is 8.15. The van der Waals surface area contributed by atoms with Crippen LogP contribution in [0.25, 0.3) is 28.6 Å². The maximum absolute atomic E-state index is 11.1. The van der Waals surface area contributed by atoms with Gasteiger partial charge >= 0.3 is 8.25 Å². The van der Waals surface area contributed by atoms with E-state index >= 15 is 0 Å². The van der Waals surface area contributed by atoms with Crippen molar-refractivity contribution in [3.63, 3.8) is 0 Å². The number of hydrogen-bond donors (Lipinski definition) is 1. The zero-order chi connectivity index (χ0) is 21.3. The van der Waals surface area contributed by atoms with Crippen LogP contribution in [0, 0.1) is 11.3 Å². The van der Waals surface area contributed by atoms with Crippen LogP contribution in [0.2, 0.25) is 0 Å². The Morgan fingerprint density at radius 2 is 2.07 bits per heavy atom. The van der Waals surface area contributed by atoms with Gasteiger partial charge in [0.1, 0.15) is 17.6 Å². The highest BCUT2D eigenvalue weighted by Gasteiger charge is 2.23. The quantitative estimate of drug-likeness (QED) is 0.581. The fraction of sp³-hybridized carbons (Fsp3) is 0.190. The van der Waals surface area contributed by atoms with Crippen molar-refractivity contribution in [2.24, 2.45) is 0 Å². The summed E-state index contributed by atoms with van der Waals surface area (Å²) in [6.07, 6.45) is 2.23. The number of ether oxygens (including phenoxy) is 1. The minimum Gasteiger partial charge on any atom is -0.490 e. The zero-order valence-corrected chi connectivity index (χ0v) is 17.2. The number of fused-ring (bicyclic) bond motifs is 1. The summed E-state index contributed by atoms with van der Waals surface area (Å²) in [5.74, 6) is 1.53. The number of rotatable bonds is 6. The van der Waals surface area contributed by atoms with Gasteiger partial charge in [0, 0.05) is 16.7 Å². The molecule has 30 heavy (non-hydrogen) atoms. The van der Waals surface area contributed by atoms with Gasteiger partial charge in [0.2, 0.25) is 5.82 Å².